The fraction of sp³-hybridized carbons (Fsp3) is 0.647. The lowest BCUT2D eigenvalue weighted by molar-refractivity contribution is -0.140. The van der Waals surface area contributed by atoms with Crippen molar-refractivity contribution in [2.75, 3.05) is 24.6 Å². The summed E-state index contributed by atoms with van der Waals surface area (Å²) in [6.45, 7) is 5.95. The van der Waals surface area contributed by atoms with Crippen molar-refractivity contribution in [3.8, 4) is 0 Å². The molecule has 0 unspecified atom stereocenters. The summed E-state index contributed by atoms with van der Waals surface area (Å²) in [5, 5.41) is 25.1. The second kappa shape index (κ2) is 9.20. The number of piperidine rings is 1. The molecule has 0 bridgehead atoms. The van der Waals surface area contributed by atoms with Gasteiger partial charge in [-0.3, -0.25) is 4.79 Å². The molecule has 10 nitrogen and oxygen atoms in total. The summed E-state index contributed by atoms with van der Waals surface area (Å²) in [6.07, 6.45) is 1.18. The summed E-state index contributed by atoms with van der Waals surface area (Å²) in [6, 6.07) is -1.48. The number of ether oxygens (including phenoxy) is 1. The second-order valence-corrected chi connectivity index (χ2v) is 8.33. The molecule has 0 aliphatic carbocycles. The van der Waals surface area contributed by atoms with Gasteiger partial charge in [0.1, 0.15) is 11.3 Å². The summed E-state index contributed by atoms with van der Waals surface area (Å²) in [4.78, 5) is 41.2. The van der Waals surface area contributed by atoms with Crippen LogP contribution in [0.4, 0.5) is 9.93 Å². The van der Waals surface area contributed by atoms with Crippen molar-refractivity contribution in [3.05, 3.63) is 11.1 Å². The molecule has 0 saturated carbocycles. The molecule has 1 saturated heterocycles. The van der Waals surface area contributed by atoms with E-state index < -0.39 is 36.2 Å². The van der Waals surface area contributed by atoms with E-state index in [0.717, 1.165) is 19.4 Å². The van der Waals surface area contributed by atoms with Gasteiger partial charge in [0.2, 0.25) is 0 Å². The summed E-state index contributed by atoms with van der Waals surface area (Å²) < 4.78 is 5.28. The van der Waals surface area contributed by atoms with Gasteiger partial charge in [-0.15, -0.1) is 11.3 Å². The van der Waals surface area contributed by atoms with Crippen LogP contribution < -0.4 is 15.5 Å². The molecule has 28 heavy (non-hydrogen) atoms. The van der Waals surface area contributed by atoms with Crippen molar-refractivity contribution in [2.45, 2.75) is 51.3 Å². The van der Waals surface area contributed by atoms with Gasteiger partial charge in [0.25, 0.3) is 5.91 Å². The lowest BCUT2D eigenvalue weighted by atomic mass is 10.1. The molecule has 2 rings (SSSR count). The second-order valence-electron chi connectivity index (χ2n) is 7.49. The number of carboxylic acids is 1. The first-order valence-electron chi connectivity index (χ1n) is 8.93. The Morgan fingerprint density at radius 1 is 1.43 bits per heavy atom. The Morgan fingerprint density at radius 2 is 2.14 bits per heavy atom. The zero-order valence-corrected chi connectivity index (χ0v) is 16.9. The average molecular weight is 414 g/mol. The summed E-state index contributed by atoms with van der Waals surface area (Å²) >= 11 is 1.26. The van der Waals surface area contributed by atoms with Crippen molar-refractivity contribution < 1.29 is 29.3 Å². The van der Waals surface area contributed by atoms with E-state index in [0.29, 0.717) is 11.7 Å². The Balaban J connectivity index is 1.96. The first-order valence-corrected chi connectivity index (χ1v) is 9.81. The number of aromatic nitrogens is 1. The highest BCUT2D eigenvalue weighted by molar-refractivity contribution is 7.13. The highest BCUT2D eigenvalue weighted by Gasteiger charge is 2.27. The van der Waals surface area contributed by atoms with Crippen LogP contribution in [0.5, 0.6) is 0 Å². The van der Waals surface area contributed by atoms with Crippen molar-refractivity contribution in [3.63, 3.8) is 0 Å². The Labute approximate surface area is 166 Å². The number of anilines is 1. The summed E-state index contributed by atoms with van der Waals surface area (Å²) in [5.74, 6) is -1.98. The molecule has 2 atom stereocenters. The predicted molar refractivity (Wildman–Crippen MR) is 103 cm³/mol. The molecule has 1 aromatic heterocycles. The van der Waals surface area contributed by atoms with Crippen molar-refractivity contribution in [1.82, 2.24) is 15.6 Å². The molecule has 1 aliphatic rings. The molecule has 1 fully saturated rings. The Bertz CT molecular complexity index is 717. The van der Waals surface area contributed by atoms with Gasteiger partial charge < -0.3 is 30.5 Å². The third-order valence-corrected chi connectivity index (χ3v) is 4.82. The van der Waals surface area contributed by atoms with Gasteiger partial charge in [0, 0.05) is 24.5 Å². The van der Waals surface area contributed by atoms with E-state index in [1.165, 1.54) is 16.7 Å². The zero-order valence-electron chi connectivity index (χ0n) is 16.1. The SMILES string of the molecule is CC(C)(C)OC(=O)N[C@H]1CCCN(c2nc(C(=O)N[C@@H](CO)C(=O)O)cs2)C1. The Hall–Kier alpha value is -2.40. The Morgan fingerprint density at radius 3 is 2.75 bits per heavy atom. The number of aliphatic carboxylic acids is 1. The third-order valence-electron chi connectivity index (χ3n) is 3.92. The van der Waals surface area contributed by atoms with Crippen LogP contribution in [0.1, 0.15) is 44.1 Å². The molecule has 2 amide bonds. The number of aliphatic hydroxyl groups excluding tert-OH is 1. The average Bonchev–Trinajstić information content (AvgIpc) is 3.08. The fourth-order valence-electron chi connectivity index (χ4n) is 2.67. The van der Waals surface area contributed by atoms with E-state index >= 15 is 0 Å². The number of carbonyl (C=O) groups is 3. The van der Waals surface area contributed by atoms with E-state index in [9.17, 15) is 14.4 Å². The summed E-state index contributed by atoms with van der Waals surface area (Å²) in [7, 11) is 0. The van der Waals surface area contributed by atoms with Crippen molar-refractivity contribution >= 4 is 34.4 Å². The smallest absolute Gasteiger partial charge is 0.407 e. The number of hydrogen-bond acceptors (Lipinski definition) is 8. The van der Waals surface area contributed by atoms with Gasteiger partial charge in [-0.25, -0.2) is 14.6 Å². The number of amides is 2. The number of hydrogen-bond donors (Lipinski definition) is 4. The molecular formula is C17H26N4O6S. The topological polar surface area (TPSA) is 141 Å². The van der Waals surface area contributed by atoms with E-state index in [-0.39, 0.29) is 11.7 Å². The number of rotatable bonds is 6. The molecule has 156 valence electrons. The minimum Gasteiger partial charge on any atom is -0.480 e. The minimum absolute atomic E-state index is 0.0851. The van der Waals surface area contributed by atoms with Crippen LogP contribution in [0.3, 0.4) is 0 Å². The van der Waals surface area contributed by atoms with Crippen molar-refractivity contribution in [2.24, 2.45) is 0 Å². The minimum atomic E-state index is -1.38. The van der Waals surface area contributed by atoms with Crippen LogP contribution in [0, 0.1) is 0 Å². The number of nitrogens with zero attached hydrogens (tertiary/aromatic N) is 2. The van der Waals surface area contributed by atoms with E-state index in [4.69, 9.17) is 14.9 Å². The standard InChI is InChI=1S/C17H26N4O6S/c1-17(2,3)27-16(26)18-10-5-4-6-21(7-10)15-20-12(9-28-15)13(23)19-11(8-22)14(24)25/h9-11,22H,4-8H2,1-3H3,(H,18,26)(H,19,23)(H,24,25)/t10-,11-/m0/s1. The highest BCUT2D eigenvalue weighted by atomic mass is 32.1. The number of carboxylic acid groups (broad SMARTS) is 1. The van der Waals surface area contributed by atoms with Crippen LogP contribution in [-0.2, 0) is 9.53 Å². The highest BCUT2D eigenvalue weighted by Crippen LogP contribution is 2.24. The van der Waals surface area contributed by atoms with Crippen molar-refractivity contribution in [1.29, 1.82) is 0 Å². The molecule has 0 aromatic carbocycles. The lowest BCUT2D eigenvalue weighted by Crippen LogP contribution is -2.49. The van der Waals surface area contributed by atoms with E-state index in [2.05, 4.69) is 15.6 Å². The molecule has 11 heteroatoms. The molecule has 1 aliphatic heterocycles. The monoisotopic (exact) mass is 414 g/mol. The quantitative estimate of drug-likeness (QED) is 0.536. The number of thiazole rings is 1. The first kappa shape index (κ1) is 21.9. The fourth-order valence-corrected chi connectivity index (χ4v) is 3.52. The van der Waals surface area contributed by atoms with Gasteiger partial charge in [-0.2, -0.15) is 0 Å². The maximum atomic E-state index is 12.1. The lowest BCUT2D eigenvalue weighted by Gasteiger charge is -2.33. The normalized spacial score (nSPS) is 18.3. The van der Waals surface area contributed by atoms with E-state index in [1.54, 1.807) is 20.8 Å². The van der Waals surface area contributed by atoms with Crippen LogP contribution in [-0.4, -0.2) is 70.5 Å². The molecule has 1 aromatic rings. The van der Waals surface area contributed by atoms with Crippen LogP contribution >= 0.6 is 11.3 Å². The van der Waals surface area contributed by atoms with Gasteiger partial charge in [0.15, 0.2) is 11.2 Å². The molecular weight excluding hydrogens is 388 g/mol. The zero-order chi connectivity index (χ0) is 20.9. The van der Waals surface area contributed by atoms with Crippen LogP contribution in [0.25, 0.3) is 0 Å². The molecule has 0 spiro atoms. The number of aliphatic hydroxyl groups is 1. The largest absolute Gasteiger partial charge is 0.480 e. The maximum absolute atomic E-state index is 12.1. The number of nitrogens with one attached hydrogen (secondary N) is 2. The first-order chi connectivity index (χ1) is 13.1. The maximum Gasteiger partial charge on any atom is 0.407 e. The molecule has 0 radical (unpaired) electrons. The third kappa shape index (κ3) is 6.34. The number of alkyl carbamates (subject to hydrolysis) is 1. The predicted octanol–water partition coefficient (Wildman–Crippen LogP) is 0.812. The van der Waals surface area contributed by atoms with Gasteiger partial charge in [0.05, 0.1) is 6.61 Å². The molecule has 2 heterocycles. The van der Waals surface area contributed by atoms with Gasteiger partial charge in [-0.05, 0) is 33.6 Å². The summed E-state index contributed by atoms with van der Waals surface area (Å²) in [5.41, 5.74) is -0.486. The molecule has 4 N–H and O–H groups in total. The van der Waals surface area contributed by atoms with E-state index in [1.807, 2.05) is 4.90 Å². The van der Waals surface area contributed by atoms with Gasteiger partial charge >= 0.3 is 12.1 Å². The Kier molecular flexibility index (Phi) is 7.19. The van der Waals surface area contributed by atoms with Gasteiger partial charge in [-0.1, -0.05) is 0 Å². The number of carbonyl (C=O) groups excluding carboxylic acids is 2. The van der Waals surface area contributed by atoms with Crippen LogP contribution in [0.2, 0.25) is 0 Å². The van der Waals surface area contributed by atoms with Crippen LogP contribution in [0.15, 0.2) is 5.38 Å².